The molecule has 3 nitrogen and oxygen atoms in total. The van der Waals surface area contributed by atoms with E-state index in [2.05, 4.69) is 43.7 Å². The predicted octanol–water partition coefficient (Wildman–Crippen LogP) is 3.82. The minimum absolute atomic E-state index is 0. The van der Waals surface area contributed by atoms with Crippen LogP contribution in [0.25, 0.3) is 0 Å². The number of quaternary nitrogens is 1. The van der Waals surface area contributed by atoms with Gasteiger partial charge in [0.05, 0.1) is 39.9 Å². The van der Waals surface area contributed by atoms with E-state index in [1.165, 1.54) is 0 Å². The summed E-state index contributed by atoms with van der Waals surface area (Å²) in [6, 6.07) is 7.44. The molecule has 0 bridgehead atoms. The molecule has 1 aromatic rings. The van der Waals surface area contributed by atoms with Crippen molar-refractivity contribution in [2.24, 2.45) is 0 Å². The summed E-state index contributed by atoms with van der Waals surface area (Å²) in [5.41, 5.74) is 0.627. The van der Waals surface area contributed by atoms with Gasteiger partial charge in [-0.25, -0.2) is 4.79 Å². The molecular formula is C15H27INO2+. The van der Waals surface area contributed by atoms with Crippen LogP contribution in [-0.2, 0) is 4.74 Å². The molecule has 0 fully saturated rings. The molecule has 0 aromatic heterocycles. The molecule has 0 spiro atoms. The smallest absolute Gasteiger partial charge is 0.338 e. The lowest BCUT2D eigenvalue weighted by Gasteiger charge is -2.23. The summed E-state index contributed by atoms with van der Waals surface area (Å²) >= 11 is 2.18. The van der Waals surface area contributed by atoms with Crippen molar-refractivity contribution in [3.8, 4) is 0 Å². The average Bonchev–Trinajstić information content (AvgIpc) is 2.23. The van der Waals surface area contributed by atoms with Crippen LogP contribution in [0.5, 0.6) is 0 Å². The minimum atomic E-state index is -0.232. The van der Waals surface area contributed by atoms with Crippen LogP contribution >= 0.6 is 22.6 Å². The Morgan fingerprint density at radius 2 is 1.89 bits per heavy atom. The van der Waals surface area contributed by atoms with Crippen LogP contribution in [0, 0.1) is 3.57 Å². The minimum Gasteiger partial charge on any atom is -0.462 e. The van der Waals surface area contributed by atoms with Gasteiger partial charge in [-0.05, 0) is 40.8 Å². The zero-order chi connectivity index (χ0) is 12.9. The number of rotatable bonds is 5. The van der Waals surface area contributed by atoms with E-state index < -0.39 is 0 Å². The lowest BCUT2D eigenvalue weighted by atomic mass is 10.2. The summed E-state index contributed by atoms with van der Waals surface area (Å²) < 4.78 is 7.16. The predicted molar refractivity (Wildman–Crippen MR) is 90.4 cm³/mol. The van der Waals surface area contributed by atoms with Crippen molar-refractivity contribution in [2.75, 3.05) is 34.3 Å². The molecule has 1 aromatic carbocycles. The van der Waals surface area contributed by atoms with Gasteiger partial charge in [-0.15, -0.1) is 0 Å². The molecule has 0 aliphatic carbocycles. The Kier molecular flexibility index (Phi) is 10.1. The van der Waals surface area contributed by atoms with Crippen LogP contribution in [0.15, 0.2) is 24.3 Å². The van der Waals surface area contributed by atoms with Gasteiger partial charge in [-0.3, -0.25) is 0 Å². The molecule has 0 aliphatic rings. The maximum absolute atomic E-state index is 11.7. The molecule has 4 heteroatoms. The van der Waals surface area contributed by atoms with Gasteiger partial charge < -0.3 is 9.22 Å². The summed E-state index contributed by atoms with van der Waals surface area (Å²) in [5.74, 6) is -0.232. The van der Waals surface area contributed by atoms with E-state index in [-0.39, 0.29) is 20.8 Å². The summed E-state index contributed by atoms with van der Waals surface area (Å²) in [7, 11) is 6.38. The fraction of sp³-hybridized carbons (Fsp3) is 0.533. The monoisotopic (exact) mass is 380 g/mol. The zero-order valence-electron chi connectivity index (χ0n) is 10.6. The Morgan fingerprint density at radius 3 is 2.42 bits per heavy atom. The van der Waals surface area contributed by atoms with Crippen LogP contribution in [0.2, 0.25) is 0 Å². The first-order valence-corrected chi connectivity index (χ1v) is 6.69. The Labute approximate surface area is 131 Å². The van der Waals surface area contributed by atoms with Crippen LogP contribution < -0.4 is 0 Å². The maximum Gasteiger partial charge on any atom is 0.338 e. The van der Waals surface area contributed by atoms with Gasteiger partial charge in [-0.2, -0.15) is 0 Å². The third kappa shape index (κ3) is 8.99. The number of carbonyl (C=O) groups excluding carboxylic acids is 1. The van der Waals surface area contributed by atoms with Gasteiger partial charge in [0.25, 0.3) is 0 Å². The SMILES string of the molecule is C.C.C[N+](C)(C)CCCOC(=O)c1cccc(I)c1. The van der Waals surface area contributed by atoms with Gasteiger partial charge in [0.2, 0.25) is 0 Å². The highest BCUT2D eigenvalue weighted by Crippen LogP contribution is 2.09. The molecule has 0 saturated heterocycles. The number of benzene rings is 1. The molecule has 0 atom stereocenters. The van der Waals surface area contributed by atoms with Crippen molar-refractivity contribution in [1.82, 2.24) is 0 Å². The molecule has 0 heterocycles. The van der Waals surface area contributed by atoms with E-state index in [9.17, 15) is 4.79 Å². The van der Waals surface area contributed by atoms with Crippen LogP contribution in [-0.4, -0.2) is 44.7 Å². The van der Waals surface area contributed by atoms with Crippen LogP contribution in [0.1, 0.15) is 31.6 Å². The van der Waals surface area contributed by atoms with Crippen molar-refractivity contribution >= 4 is 28.6 Å². The summed E-state index contributed by atoms with van der Waals surface area (Å²) in [6.45, 7) is 1.49. The summed E-state index contributed by atoms with van der Waals surface area (Å²) in [4.78, 5) is 11.7. The summed E-state index contributed by atoms with van der Waals surface area (Å²) in [5, 5.41) is 0. The van der Waals surface area contributed by atoms with Gasteiger partial charge in [0.15, 0.2) is 0 Å². The molecule has 0 radical (unpaired) electrons. The molecule has 1 rings (SSSR count). The largest absolute Gasteiger partial charge is 0.462 e. The van der Waals surface area contributed by atoms with Crippen molar-refractivity contribution in [3.63, 3.8) is 0 Å². The second-order valence-electron chi connectivity index (χ2n) is 5.01. The number of halogens is 1. The molecule has 0 saturated carbocycles. The fourth-order valence-corrected chi connectivity index (χ4v) is 1.95. The van der Waals surface area contributed by atoms with Crippen LogP contribution in [0.3, 0.4) is 0 Å². The Morgan fingerprint density at radius 1 is 1.26 bits per heavy atom. The second-order valence-corrected chi connectivity index (χ2v) is 6.26. The standard InChI is InChI=1S/C13H19INO2.2CH4/c1-15(2,3)8-5-9-17-13(16)11-6-4-7-12(14)10-11;;/h4,6-7,10H,5,8-9H2,1-3H3;2*1H4/q+1;;. The average molecular weight is 380 g/mol. The quantitative estimate of drug-likeness (QED) is 0.336. The molecule has 0 aliphatic heterocycles. The number of carbonyl (C=O) groups is 1. The Balaban J connectivity index is 0. The van der Waals surface area contributed by atoms with Gasteiger partial charge in [0.1, 0.15) is 0 Å². The lowest BCUT2D eigenvalue weighted by Crippen LogP contribution is -2.35. The number of ether oxygens (including phenoxy) is 1. The Hall–Kier alpha value is -0.620. The van der Waals surface area contributed by atoms with Gasteiger partial charge >= 0.3 is 5.97 Å². The molecule has 110 valence electrons. The molecule has 0 N–H and O–H groups in total. The molecular weight excluding hydrogens is 353 g/mol. The fourth-order valence-electron chi connectivity index (χ4n) is 1.40. The molecule has 0 amide bonds. The number of hydrogen-bond donors (Lipinski definition) is 0. The van der Waals surface area contributed by atoms with E-state index in [1.54, 1.807) is 6.07 Å². The first-order chi connectivity index (χ1) is 7.88. The van der Waals surface area contributed by atoms with Crippen molar-refractivity contribution in [2.45, 2.75) is 21.3 Å². The van der Waals surface area contributed by atoms with Gasteiger partial charge in [0, 0.05) is 9.99 Å². The van der Waals surface area contributed by atoms with Gasteiger partial charge in [-0.1, -0.05) is 20.9 Å². The van der Waals surface area contributed by atoms with E-state index in [0.29, 0.717) is 12.2 Å². The normalized spacial score (nSPS) is 10.1. The van der Waals surface area contributed by atoms with E-state index in [1.807, 2.05) is 18.2 Å². The van der Waals surface area contributed by atoms with E-state index >= 15 is 0 Å². The van der Waals surface area contributed by atoms with E-state index in [0.717, 1.165) is 21.0 Å². The lowest BCUT2D eigenvalue weighted by molar-refractivity contribution is -0.870. The Bertz CT molecular complexity index is 386. The van der Waals surface area contributed by atoms with Crippen molar-refractivity contribution in [3.05, 3.63) is 33.4 Å². The first-order valence-electron chi connectivity index (χ1n) is 5.62. The third-order valence-corrected chi connectivity index (χ3v) is 2.94. The third-order valence-electron chi connectivity index (χ3n) is 2.27. The summed E-state index contributed by atoms with van der Waals surface area (Å²) in [6.07, 6.45) is 0.888. The first kappa shape index (κ1) is 20.7. The number of nitrogens with zero attached hydrogens (tertiary/aromatic N) is 1. The number of esters is 1. The molecule has 0 unspecified atom stereocenters. The van der Waals surface area contributed by atoms with Crippen molar-refractivity contribution in [1.29, 1.82) is 0 Å². The highest BCUT2D eigenvalue weighted by atomic mass is 127. The van der Waals surface area contributed by atoms with Crippen LogP contribution in [0.4, 0.5) is 0 Å². The van der Waals surface area contributed by atoms with Crippen molar-refractivity contribution < 1.29 is 14.0 Å². The topological polar surface area (TPSA) is 26.3 Å². The highest BCUT2D eigenvalue weighted by Gasteiger charge is 2.09. The zero-order valence-corrected chi connectivity index (χ0v) is 12.7. The maximum atomic E-state index is 11.7. The van der Waals surface area contributed by atoms with E-state index in [4.69, 9.17) is 4.74 Å². The molecule has 19 heavy (non-hydrogen) atoms. The highest BCUT2D eigenvalue weighted by molar-refractivity contribution is 14.1. The number of hydrogen-bond acceptors (Lipinski definition) is 2. The second kappa shape index (κ2) is 9.31.